The Kier molecular flexibility index (Phi) is 5.99. The maximum absolute atomic E-state index is 14.4. The maximum atomic E-state index is 14.4. The van der Waals surface area contributed by atoms with E-state index in [9.17, 15) is 4.79 Å². The molecule has 0 fully saturated rings. The van der Waals surface area contributed by atoms with E-state index in [2.05, 4.69) is 30.1 Å². The van der Waals surface area contributed by atoms with Gasteiger partial charge >= 0.3 is 0 Å². The zero-order valence-corrected chi connectivity index (χ0v) is 20.8. The van der Waals surface area contributed by atoms with Crippen LogP contribution in [0.4, 0.5) is 5.13 Å². The molecular weight excluding hydrogens is 468 g/mol. The number of carbonyl (C=O) groups excluding carboxylic acids is 1. The molecule has 0 spiro atoms. The van der Waals surface area contributed by atoms with Crippen LogP contribution in [0.15, 0.2) is 85.5 Å². The van der Waals surface area contributed by atoms with E-state index in [1.807, 2.05) is 64.2 Å². The summed E-state index contributed by atoms with van der Waals surface area (Å²) in [6.45, 7) is 3.48. The van der Waals surface area contributed by atoms with Crippen LogP contribution < -0.4 is 9.64 Å². The average Bonchev–Trinajstić information content (AvgIpc) is 3.58. The van der Waals surface area contributed by atoms with Crippen molar-refractivity contribution in [2.24, 2.45) is 0 Å². The molecule has 0 bridgehead atoms. The number of nitrogens with zero attached hydrogens (tertiary/aromatic N) is 4. The Morgan fingerprint density at radius 3 is 2.50 bits per heavy atom. The summed E-state index contributed by atoms with van der Waals surface area (Å²) < 4.78 is 9.29. The number of thiazole rings is 1. The number of aryl methyl sites for hydroxylation is 2. The topological polar surface area (TPSA) is 60.2 Å². The van der Waals surface area contributed by atoms with Crippen molar-refractivity contribution in [3.05, 3.63) is 102 Å². The Labute approximate surface area is 213 Å². The fraction of sp³-hybridized carbons (Fsp3) is 0.207. The van der Waals surface area contributed by atoms with Crippen molar-refractivity contribution in [1.82, 2.24) is 14.5 Å². The van der Waals surface area contributed by atoms with E-state index in [-0.39, 0.29) is 5.91 Å². The molecule has 6 rings (SSSR count). The van der Waals surface area contributed by atoms with Gasteiger partial charge in [-0.3, -0.25) is 9.69 Å². The molecule has 5 aromatic rings. The van der Waals surface area contributed by atoms with Crippen molar-refractivity contribution in [1.29, 1.82) is 0 Å². The molecule has 36 heavy (non-hydrogen) atoms. The van der Waals surface area contributed by atoms with Crippen LogP contribution in [-0.2, 0) is 17.8 Å². The number of fused-ring (bicyclic) bond motifs is 3. The van der Waals surface area contributed by atoms with Gasteiger partial charge in [0.15, 0.2) is 5.13 Å². The first kappa shape index (κ1) is 22.5. The summed E-state index contributed by atoms with van der Waals surface area (Å²) in [7, 11) is 0. The van der Waals surface area contributed by atoms with E-state index in [0.717, 1.165) is 57.4 Å². The molecule has 0 radical (unpaired) electrons. The van der Waals surface area contributed by atoms with E-state index in [4.69, 9.17) is 9.72 Å². The molecule has 6 nitrogen and oxygen atoms in total. The summed E-state index contributed by atoms with van der Waals surface area (Å²) in [6, 6.07) is 22.0. The van der Waals surface area contributed by atoms with Crippen molar-refractivity contribution < 1.29 is 9.53 Å². The molecule has 0 saturated carbocycles. The fourth-order valence-electron chi connectivity index (χ4n) is 4.75. The Morgan fingerprint density at radius 2 is 1.81 bits per heavy atom. The van der Waals surface area contributed by atoms with Gasteiger partial charge in [-0.2, -0.15) is 0 Å². The highest BCUT2D eigenvalue weighted by Crippen LogP contribution is 2.45. The summed E-state index contributed by atoms with van der Waals surface area (Å²) in [6.07, 6.45) is 7.27. The van der Waals surface area contributed by atoms with E-state index < -0.39 is 5.92 Å². The van der Waals surface area contributed by atoms with Gasteiger partial charge < -0.3 is 9.30 Å². The number of carbonyl (C=O) groups is 1. The standard InChI is InChI=1S/C29H26N4O2S/c1-2-20-12-13-23-26(18-20)36-29(31-23)33(16-7-15-32-17-14-30-19-32)28(34)27-21-8-3-5-10-24(21)35-25-11-6-4-9-22(25)27/h3-6,8-14,17-19,27H,2,7,15-16H2,1H3. The van der Waals surface area contributed by atoms with Gasteiger partial charge in [0.1, 0.15) is 11.5 Å². The molecule has 0 unspecified atom stereocenters. The Hall–Kier alpha value is -3.97. The largest absolute Gasteiger partial charge is 0.457 e. The number of benzene rings is 3. The van der Waals surface area contributed by atoms with Crippen LogP contribution in [-0.4, -0.2) is 27.0 Å². The van der Waals surface area contributed by atoms with Crippen molar-refractivity contribution in [2.75, 3.05) is 11.4 Å². The summed E-state index contributed by atoms with van der Waals surface area (Å²) in [5.41, 5.74) is 3.96. The number of amides is 1. The number of aromatic nitrogens is 3. The van der Waals surface area contributed by atoms with Crippen LogP contribution in [0.1, 0.15) is 36.0 Å². The van der Waals surface area contributed by atoms with Crippen molar-refractivity contribution >= 4 is 32.6 Å². The molecule has 0 aliphatic carbocycles. The smallest absolute Gasteiger partial charge is 0.241 e. The SMILES string of the molecule is CCc1ccc2nc(N(CCCn3ccnc3)C(=O)C3c4ccccc4Oc4ccccc43)sc2c1. The number of hydrogen-bond acceptors (Lipinski definition) is 5. The number of anilines is 1. The zero-order chi connectivity index (χ0) is 24.5. The highest BCUT2D eigenvalue weighted by molar-refractivity contribution is 7.22. The highest BCUT2D eigenvalue weighted by Gasteiger charge is 2.36. The first-order valence-corrected chi connectivity index (χ1v) is 13.0. The molecule has 1 amide bonds. The lowest BCUT2D eigenvalue weighted by molar-refractivity contribution is -0.119. The molecular formula is C29H26N4O2S. The molecule has 3 heterocycles. The van der Waals surface area contributed by atoms with Crippen LogP contribution in [0.25, 0.3) is 10.2 Å². The lowest BCUT2D eigenvalue weighted by Gasteiger charge is -2.31. The van der Waals surface area contributed by atoms with Crippen LogP contribution in [0.2, 0.25) is 0 Å². The molecule has 2 aromatic heterocycles. The predicted octanol–water partition coefficient (Wildman–Crippen LogP) is 6.42. The van der Waals surface area contributed by atoms with Crippen molar-refractivity contribution in [3.8, 4) is 11.5 Å². The second-order valence-corrected chi connectivity index (χ2v) is 9.92. The van der Waals surface area contributed by atoms with Gasteiger partial charge in [-0.15, -0.1) is 0 Å². The normalized spacial score (nSPS) is 12.7. The summed E-state index contributed by atoms with van der Waals surface area (Å²) in [5, 5.41) is 0.732. The van der Waals surface area contributed by atoms with Gasteiger partial charge in [-0.05, 0) is 42.7 Å². The summed E-state index contributed by atoms with van der Waals surface area (Å²) >= 11 is 1.58. The minimum Gasteiger partial charge on any atom is -0.457 e. The van der Waals surface area contributed by atoms with Gasteiger partial charge in [0.25, 0.3) is 0 Å². The van der Waals surface area contributed by atoms with Gasteiger partial charge in [-0.25, -0.2) is 9.97 Å². The first-order chi connectivity index (χ1) is 17.7. The number of para-hydroxylation sites is 2. The summed E-state index contributed by atoms with van der Waals surface area (Å²) in [5.74, 6) is 1.01. The Morgan fingerprint density at radius 1 is 1.06 bits per heavy atom. The first-order valence-electron chi connectivity index (χ1n) is 12.2. The van der Waals surface area contributed by atoms with Gasteiger partial charge in [0.2, 0.25) is 5.91 Å². The molecule has 0 N–H and O–H groups in total. The molecule has 7 heteroatoms. The molecule has 180 valence electrons. The summed E-state index contributed by atoms with van der Waals surface area (Å²) in [4.78, 5) is 25.4. The van der Waals surface area contributed by atoms with Gasteiger partial charge in [-0.1, -0.05) is 60.7 Å². The minimum atomic E-state index is -0.461. The molecule has 1 aliphatic rings. The van der Waals surface area contributed by atoms with Gasteiger partial charge in [0, 0.05) is 36.6 Å². The highest BCUT2D eigenvalue weighted by atomic mass is 32.1. The second kappa shape index (κ2) is 9.59. The van der Waals surface area contributed by atoms with Crippen molar-refractivity contribution in [2.45, 2.75) is 32.2 Å². The van der Waals surface area contributed by atoms with E-state index in [0.29, 0.717) is 6.54 Å². The van der Waals surface area contributed by atoms with Gasteiger partial charge in [0.05, 0.1) is 22.5 Å². The maximum Gasteiger partial charge on any atom is 0.241 e. The lowest BCUT2D eigenvalue weighted by Crippen LogP contribution is -2.37. The van der Waals surface area contributed by atoms with E-state index in [1.165, 1.54) is 5.56 Å². The lowest BCUT2D eigenvalue weighted by atomic mass is 9.87. The predicted molar refractivity (Wildman–Crippen MR) is 143 cm³/mol. The number of ether oxygens (including phenoxy) is 1. The third-order valence-corrected chi connectivity index (χ3v) is 7.67. The Bertz CT molecular complexity index is 1480. The monoisotopic (exact) mass is 494 g/mol. The number of hydrogen-bond donors (Lipinski definition) is 0. The third kappa shape index (κ3) is 4.16. The average molecular weight is 495 g/mol. The molecule has 3 aromatic carbocycles. The van der Waals surface area contributed by atoms with Crippen LogP contribution in [0, 0.1) is 0 Å². The minimum absolute atomic E-state index is 0.0126. The molecule has 0 saturated heterocycles. The second-order valence-electron chi connectivity index (χ2n) is 8.91. The quantitative estimate of drug-likeness (QED) is 0.262. The van der Waals surface area contributed by atoms with Crippen LogP contribution in [0.5, 0.6) is 11.5 Å². The molecule has 1 aliphatic heterocycles. The number of rotatable bonds is 7. The van der Waals surface area contributed by atoms with Crippen molar-refractivity contribution in [3.63, 3.8) is 0 Å². The Balaban J connectivity index is 1.40. The zero-order valence-electron chi connectivity index (χ0n) is 20.0. The van der Waals surface area contributed by atoms with E-state index in [1.54, 1.807) is 23.9 Å². The van der Waals surface area contributed by atoms with Crippen LogP contribution in [0.3, 0.4) is 0 Å². The van der Waals surface area contributed by atoms with E-state index >= 15 is 0 Å². The number of imidazole rings is 1. The molecule has 0 atom stereocenters. The fourth-order valence-corrected chi connectivity index (χ4v) is 5.82. The third-order valence-electron chi connectivity index (χ3n) is 6.63. The van der Waals surface area contributed by atoms with Crippen LogP contribution >= 0.6 is 11.3 Å².